The van der Waals surface area contributed by atoms with E-state index in [4.69, 9.17) is 16.0 Å². The number of ether oxygens (including phenoxy) is 1. The molecule has 0 aliphatic heterocycles. The van der Waals surface area contributed by atoms with E-state index in [0.29, 0.717) is 11.5 Å². The highest BCUT2D eigenvalue weighted by Crippen LogP contribution is 2.24. The van der Waals surface area contributed by atoms with Crippen molar-refractivity contribution in [3.63, 3.8) is 0 Å². The van der Waals surface area contributed by atoms with E-state index in [0.717, 1.165) is 12.1 Å². The molecule has 33 heavy (non-hydrogen) atoms. The zero-order chi connectivity index (χ0) is 24.1. The number of nitro groups is 1. The maximum Gasteiger partial charge on any atom is 0.341 e. The molecule has 2 aromatic carbocycles. The monoisotopic (exact) mass is 471 g/mol. The summed E-state index contributed by atoms with van der Waals surface area (Å²) in [5.74, 6) is -0.986. The lowest BCUT2D eigenvalue weighted by atomic mass is 10.1. The van der Waals surface area contributed by atoms with Gasteiger partial charge < -0.3 is 19.8 Å². The van der Waals surface area contributed by atoms with Gasteiger partial charge in [-0.2, -0.15) is 0 Å². The lowest BCUT2D eigenvalue weighted by Crippen LogP contribution is -2.24. The number of furan rings is 1. The van der Waals surface area contributed by atoms with Crippen LogP contribution >= 0.6 is 11.6 Å². The molecule has 0 spiro atoms. The molecule has 3 rings (SSSR count). The first-order valence-electron chi connectivity index (χ1n) is 9.51. The zero-order valence-electron chi connectivity index (χ0n) is 17.5. The Morgan fingerprint density at radius 2 is 1.79 bits per heavy atom. The highest BCUT2D eigenvalue weighted by atomic mass is 35.5. The highest BCUT2D eigenvalue weighted by Gasteiger charge is 2.19. The molecule has 0 saturated heterocycles. The number of anilines is 1. The summed E-state index contributed by atoms with van der Waals surface area (Å²) in [6, 6.07) is 11.2. The Morgan fingerprint density at radius 1 is 1.06 bits per heavy atom. The molecule has 0 saturated carbocycles. The summed E-state index contributed by atoms with van der Waals surface area (Å²) in [7, 11) is 1.26. The number of esters is 1. The third-order valence-electron chi connectivity index (χ3n) is 4.63. The molecule has 1 heterocycles. The van der Waals surface area contributed by atoms with Gasteiger partial charge in [0.2, 0.25) is 0 Å². The van der Waals surface area contributed by atoms with Crippen molar-refractivity contribution >= 4 is 40.8 Å². The summed E-state index contributed by atoms with van der Waals surface area (Å²) >= 11 is 6.01. The van der Waals surface area contributed by atoms with Crippen LogP contribution in [0, 0.1) is 17.0 Å². The van der Waals surface area contributed by atoms with Gasteiger partial charge >= 0.3 is 5.97 Å². The minimum Gasteiger partial charge on any atom is -0.465 e. The summed E-state index contributed by atoms with van der Waals surface area (Å²) in [6.07, 6.45) is 0. The third kappa shape index (κ3) is 5.36. The minimum absolute atomic E-state index is 0.00682. The average molecular weight is 472 g/mol. The summed E-state index contributed by atoms with van der Waals surface area (Å²) in [5.41, 5.74) is 0.397. The number of aryl methyl sites for hydroxylation is 1. The van der Waals surface area contributed by atoms with Crippen LogP contribution in [0.2, 0.25) is 5.02 Å². The molecule has 2 N–H and O–H groups in total. The quantitative estimate of drug-likeness (QED) is 0.300. The number of carbonyl (C=O) groups excluding carboxylic acids is 3. The first kappa shape index (κ1) is 23.5. The van der Waals surface area contributed by atoms with Crippen LogP contribution < -0.4 is 10.6 Å². The van der Waals surface area contributed by atoms with Crippen molar-refractivity contribution in [2.45, 2.75) is 13.5 Å². The van der Waals surface area contributed by atoms with Crippen molar-refractivity contribution in [2.24, 2.45) is 0 Å². The fourth-order valence-electron chi connectivity index (χ4n) is 2.99. The number of nitro benzene ring substituents is 1. The van der Waals surface area contributed by atoms with Crippen LogP contribution in [0.3, 0.4) is 0 Å². The van der Waals surface area contributed by atoms with Gasteiger partial charge in [-0.05, 0) is 31.2 Å². The summed E-state index contributed by atoms with van der Waals surface area (Å²) in [6.45, 7) is 1.60. The Morgan fingerprint density at radius 3 is 2.45 bits per heavy atom. The van der Waals surface area contributed by atoms with E-state index in [2.05, 4.69) is 15.4 Å². The maximum atomic E-state index is 12.7. The first-order chi connectivity index (χ1) is 15.7. The normalized spacial score (nSPS) is 10.4. The van der Waals surface area contributed by atoms with Gasteiger partial charge in [-0.3, -0.25) is 19.7 Å². The van der Waals surface area contributed by atoms with E-state index in [-0.39, 0.29) is 39.6 Å². The zero-order valence-corrected chi connectivity index (χ0v) is 18.3. The number of benzene rings is 2. The second kappa shape index (κ2) is 9.96. The van der Waals surface area contributed by atoms with Crippen molar-refractivity contribution in [1.29, 1.82) is 0 Å². The van der Waals surface area contributed by atoms with Gasteiger partial charge in [0.25, 0.3) is 17.5 Å². The largest absolute Gasteiger partial charge is 0.465 e. The second-order valence-corrected chi connectivity index (χ2v) is 7.19. The van der Waals surface area contributed by atoms with Gasteiger partial charge in [0.15, 0.2) is 0 Å². The maximum absolute atomic E-state index is 12.7. The van der Waals surface area contributed by atoms with Crippen LogP contribution in [0.4, 0.5) is 11.4 Å². The molecule has 0 unspecified atom stereocenters. The molecule has 10 nitrogen and oxygen atoms in total. The summed E-state index contributed by atoms with van der Waals surface area (Å²) < 4.78 is 10.1. The van der Waals surface area contributed by atoms with Gasteiger partial charge in [0.05, 0.1) is 40.4 Å². The molecule has 0 radical (unpaired) electrons. The van der Waals surface area contributed by atoms with Gasteiger partial charge in [-0.25, -0.2) is 4.79 Å². The molecule has 170 valence electrons. The Hall–Kier alpha value is -4.18. The number of halogens is 1. The van der Waals surface area contributed by atoms with E-state index in [9.17, 15) is 24.5 Å². The second-order valence-electron chi connectivity index (χ2n) is 6.78. The fourth-order valence-corrected chi connectivity index (χ4v) is 3.25. The number of para-hydroxylation sites is 1. The van der Waals surface area contributed by atoms with Crippen LogP contribution in [-0.2, 0) is 11.3 Å². The van der Waals surface area contributed by atoms with Gasteiger partial charge in [0, 0.05) is 12.1 Å². The Balaban J connectivity index is 1.74. The van der Waals surface area contributed by atoms with Crippen molar-refractivity contribution in [3.05, 3.63) is 91.9 Å². The van der Waals surface area contributed by atoms with Crippen molar-refractivity contribution in [2.75, 3.05) is 12.4 Å². The van der Waals surface area contributed by atoms with Gasteiger partial charge in [-0.15, -0.1) is 0 Å². The topological polar surface area (TPSA) is 141 Å². The number of methoxy groups -OCH3 is 1. The van der Waals surface area contributed by atoms with Crippen molar-refractivity contribution in [3.8, 4) is 0 Å². The molecule has 2 amide bonds. The van der Waals surface area contributed by atoms with Crippen molar-refractivity contribution < 1.29 is 28.5 Å². The molecular weight excluding hydrogens is 454 g/mol. The number of rotatable bonds is 7. The fraction of sp³-hybridized carbons (Fsp3) is 0.136. The Bertz CT molecular complexity index is 1250. The first-order valence-corrected chi connectivity index (χ1v) is 9.89. The number of non-ortho nitro benzene ring substituents is 1. The molecule has 1 aromatic heterocycles. The summed E-state index contributed by atoms with van der Waals surface area (Å²) in [5, 5.41) is 16.0. The number of carbonyl (C=O) groups is 3. The van der Waals surface area contributed by atoms with Crippen LogP contribution in [0.25, 0.3) is 0 Å². The van der Waals surface area contributed by atoms with Gasteiger partial charge in [-0.1, -0.05) is 23.7 Å². The number of hydrogen-bond donors (Lipinski definition) is 2. The number of nitrogens with zero attached hydrogens (tertiary/aromatic N) is 1. The van der Waals surface area contributed by atoms with Crippen LogP contribution in [0.15, 0.2) is 52.9 Å². The van der Waals surface area contributed by atoms with E-state index in [1.165, 1.54) is 31.4 Å². The molecular formula is C22H18ClN3O7. The van der Waals surface area contributed by atoms with Gasteiger partial charge in [0.1, 0.15) is 17.1 Å². The SMILES string of the molecule is COC(=O)c1cc(CNC(=O)c2ccccc2NC(=O)c2ccc([N+](=O)[O-])cc2Cl)oc1C. The average Bonchev–Trinajstić information content (AvgIpc) is 3.17. The standard InChI is InChI=1S/C22H18ClN3O7/c1-12-17(22(29)32-2)10-14(33-12)11-24-20(27)16-5-3-4-6-19(16)25-21(28)15-8-7-13(26(30)31)9-18(15)23/h3-10H,11H2,1-2H3,(H,24,27)(H,25,28). The number of nitrogens with one attached hydrogen (secondary N) is 2. The van der Waals surface area contributed by atoms with E-state index < -0.39 is 22.7 Å². The van der Waals surface area contributed by atoms with Crippen LogP contribution in [0.5, 0.6) is 0 Å². The number of hydrogen-bond acceptors (Lipinski definition) is 7. The predicted octanol–water partition coefficient (Wildman–Crippen LogP) is 4.12. The van der Waals surface area contributed by atoms with E-state index in [1.54, 1.807) is 19.1 Å². The minimum atomic E-state index is -0.639. The molecule has 11 heteroatoms. The predicted molar refractivity (Wildman–Crippen MR) is 118 cm³/mol. The third-order valence-corrected chi connectivity index (χ3v) is 4.94. The van der Waals surface area contributed by atoms with E-state index in [1.807, 2.05) is 0 Å². The Labute approximate surface area is 192 Å². The highest BCUT2D eigenvalue weighted by molar-refractivity contribution is 6.34. The summed E-state index contributed by atoms with van der Waals surface area (Å²) in [4.78, 5) is 47.3. The van der Waals surface area contributed by atoms with E-state index >= 15 is 0 Å². The smallest absolute Gasteiger partial charge is 0.341 e. The van der Waals surface area contributed by atoms with Crippen LogP contribution in [0.1, 0.15) is 42.6 Å². The molecule has 0 aliphatic carbocycles. The lowest BCUT2D eigenvalue weighted by molar-refractivity contribution is -0.384. The lowest BCUT2D eigenvalue weighted by Gasteiger charge is -2.11. The molecule has 0 bridgehead atoms. The molecule has 0 fully saturated rings. The number of amides is 2. The molecule has 0 aliphatic rings. The Kier molecular flexibility index (Phi) is 7.09. The molecule has 3 aromatic rings. The molecule has 0 atom stereocenters. The van der Waals surface area contributed by atoms with Crippen LogP contribution in [-0.4, -0.2) is 29.8 Å². The van der Waals surface area contributed by atoms with Crippen molar-refractivity contribution in [1.82, 2.24) is 5.32 Å².